The first-order chi connectivity index (χ1) is 11.6. The fourth-order valence-corrected chi connectivity index (χ4v) is 3.92. The van der Waals surface area contributed by atoms with E-state index in [2.05, 4.69) is 53.6 Å². The Balaban J connectivity index is 0.00000312. The highest BCUT2D eigenvalue weighted by molar-refractivity contribution is 14.0. The maximum Gasteiger partial charge on any atom is 0.191 e. The molecule has 1 aliphatic heterocycles. The standard InChI is InChI=1S/C18H33N5S.HI/c1-5-19-18(20-10-9-17-13-24-16(4)22-17)21-12-15(3)23-11-7-6-8-14(23)2;/h13-15H,5-12H2,1-4H3,(H2,19,20,21);1H. The highest BCUT2D eigenvalue weighted by atomic mass is 127. The molecule has 7 heteroatoms. The van der Waals surface area contributed by atoms with E-state index in [1.54, 1.807) is 11.3 Å². The first kappa shape index (κ1) is 22.6. The van der Waals surface area contributed by atoms with E-state index in [9.17, 15) is 0 Å². The zero-order valence-corrected chi connectivity index (χ0v) is 19.2. The van der Waals surface area contributed by atoms with Crippen LogP contribution in [0.3, 0.4) is 0 Å². The van der Waals surface area contributed by atoms with Crippen LogP contribution >= 0.6 is 35.3 Å². The summed E-state index contributed by atoms with van der Waals surface area (Å²) in [6.07, 6.45) is 4.95. The molecule has 2 unspecified atom stereocenters. The number of hydrogen-bond acceptors (Lipinski definition) is 4. The van der Waals surface area contributed by atoms with Crippen LogP contribution in [0.1, 0.15) is 50.7 Å². The van der Waals surface area contributed by atoms with Gasteiger partial charge in [-0.1, -0.05) is 6.42 Å². The third-order valence-electron chi connectivity index (χ3n) is 4.62. The van der Waals surface area contributed by atoms with Crippen molar-refractivity contribution >= 4 is 41.3 Å². The second-order valence-corrected chi connectivity index (χ2v) is 7.75. The Bertz CT molecular complexity index is 519. The molecule has 1 fully saturated rings. The molecule has 2 heterocycles. The summed E-state index contributed by atoms with van der Waals surface area (Å²) < 4.78 is 0. The van der Waals surface area contributed by atoms with Crippen molar-refractivity contribution in [1.82, 2.24) is 20.5 Å². The van der Waals surface area contributed by atoms with Crippen molar-refractivity contribution in [1.29, 1.82) is 0 Å². The molecule has 2 N–H and O–H groups in total. The molecule has 1 aliphatic rings. The maximum atomic E-state index is 4.79. The molecule has 0 saturated carbocycles. The summed E-state index contributed by atoms with van der Waals surface area (Å²) in [4.78, 5) is 11.9. The van der Waals surface area contributed by atoms with E-state index in [0.29, 0.717) is 12.1 Å². The van der Waals surface area contributed by atoms with E-state index in [4.69, 9.17) is 4.99 Å². The summed E-state index contributed by atoms with van der Waals surface area (Å²) in [6.45, 7) is 12.6. The quantitative estimate of drug-likeness (QED) is 0.358. The fraction of sp³-hybridized carbons (Fsp3) is 0.778. The number of guanidine groups is 1. The zero-order valence-electron chi connectivity index (χ0n) is 16.0. The van der Waals surface area contributed by atoms with Crippen LogP contribution in [0, 0.1) is 6.92 Å². The first-order valence-corrected chi connectivity index (χ1v) is 10.2. The second kappa shape index (κ2) is 12.1. The van der Waals surface area contributed by atoms with E-state index < -0.39 is 0 Å². The van der Waals surface area contributed by atoms with Gasteiger partial charge in [-0.2, -0.15) is 0 Å². The number of thiazole rings is 1. The van der Waals surface area contributed by atoms with Crippen molar-refractivity contribution in [2.45, 2.75) is 65.5 Å². The van der Waals surface area contributed by atoms with Crippen molar-refractivity contribution in [3.8, 4) is 0 Å². The van der Waals surface area contributed by atoms with Gasteiger partial charge in [0.1, 0.15) is 0 Å². The molecule has 25 heavy (non-hydrogen) atoms. The second-order valence-electron chi connectivity index (χ2n) is 6.69. The monoisotopic (exact) mass is 479 g/mol. The number of rotatable bonds is 7. The van der Waals surface area contributed by atoms with Crippen molar-refractivity contribution in [2.75, 3.05) is 26.2 Å². The highest BCUT2D eigenvalue weighted by Crippen LogP contribution is 2.19. The number of hydrogen-bond donors (Lipinski definition) is 2. The largest absolute Gasteiger partial charge is 0.357 e. The molecular weight excluding hydrogens is 445 g/mol. The molecule has 1 aromatic heterocycles. The molecule has 0 radical (unpaired) electrons. The fourth-order valence-electron chi connectivity index (χ4n) is 3.28. The van der Waals surface area contributed by atoms with Crippen LogP contribution in [0.15, 0.2) is 10.4 Å². The number of aryl methyl sites for hydroxylation is 1. The lowest BCUT2D eigenvalue weighted by Gasteiger charge is -2.37. The lowest BCUT2D eigenvalue weighted by atomic mass is 10.0. The highest BCUT2D eigenvalue weighted by Gasteiger charge is 2.22. The summed E-state index contributed by atoms with van der Waals surface area (Å²) in [5.41, 5.74) is 1.16. The molecule has 2 rings (SSSR count). The van der Waals surface area contributed by atoms with Crippen LogP contribution in [0.4, 0.5) is 0 Å². The van der Waals surface area contributed by atoms with Gasteiger partial charge in [0.2, 0.25) is 0 Å². The predicted octanol–water partition coefficient (Wildman–Crippen LogP) is 3.43. The average molecular weight is 479 g/mol. The Morgan fingerprint density at radius 3 is 2.88 bits per heavy atom. The van der Waals surface area contributed by atoms with Crippen LogP contribution in [-0.4, -0.2) is 54.1 Å². The number of halogens is 1. The number of nitrogens with zero attached hydrogens (tertiary/aromatic N) is 3. The number of aliphatic imine (C=N–C) groups is 1. The predicted molar refractivity (Wildman–Crippen MR) is 119 cm³/mol. The van der Waals surface area contributed by atoms with Gasteiger partial charge in [0.15, 0.2) is 5.96 Å². The Morgan fingerprint density at radius 1 is 1.44 bits per heavy atom. The first-order valence-electron chi connectivity index (χ1n) is 9.29. The molecular formula is C18H34IN5S. The number of likely N-dealkylation sites (tertiary alicyclic amines) is 1. The molecule has 0 aliphatic carbocycles. The van der Waals surface area contributed by atoms with Crippen LogP contribution in [0.25, 0.3) is 0 Å². The molecule has 1 aromatic rings. The third kappa shape index (κ3) is 7.78. The normalized spacial score (nSPS) is 20.0. The van der Waals surface area contributed by atoms with Gasteiger partial charge in [-0.3, -0.25) is 9.89 Å². The molecule has 1 saturated heterocycles. The Labute approximate surface area is 174 Å². The number of piperidine rings is 1. The molecule has 144 valence electrons. The summed E-state index contributed by atoms with van der Waals surface area (Å²) in [5.74, 6) is 0.918. The summed E-state index contributed by atoms with van der Waals surface area (Å²) in [6, 6.07) is 1.18. The van der Waals surface area contributed by atoms with Gasteiger partial charge < -0.3 is 10.6 Å². The smallest absolute Gasteiger partial charge is 0.191 e. The Morgan fingerprint density at radius 2 is 2.24 bits per heavy atom. The van der Waals surface area contributed by atoms with Gasteiger partial charge in [-0.25, -0.2) is 4.98 Å². The minimum atomic E-state index is 0. The maximum absolute atomic E-state index is 4.79. The van der Waals surface area contributed by atoms with Crippen LogP contribution in [-0.2, 0) is 6.42 Å². The van der Waals surface area contributed by atoms with Crippen molar-refractivity contribution in [3.05, 3.63) is 16.1 Å². The van der Waals surface area contributed by atoms with Gasteiger partial charge in [0.05, 0.1) is 17.2 Å². The van der Waals surface area contributed by atoms with E-state index in [1.807, 2.05) is 0 Å². The van der Waals surface area contributed by atoms with Crippen molar-refractivity contribution in [3.63, 3.8) is 0 Å². The molecule has 0 spiro atoms. The Kier molecular flexibility index (Phi) is 10.9. The lowest BCUT2D eigenvalue weighted by Crippen LogP contribution is -2.45. The molecule has 5 nitrogen and oxygen atoms in total. The Hall–Kier alpha value is -0.410. The molecule has 0 bridgehead atoms. The van der Waals surface area contributed by atoms with Crippen molar-refractivity contribution < 1.29 is 0 Å². The lowest BCUT2D eigenvalue weighted by molar-refractivity contribution is 0.118. The van der Waals surface area contributed by atoms with Crippen molar-refractivity contribution in [2.24, 2.45) is 4.99 Å². The number of aromatic nitrogens is 1. The third-order valence-corrected chi connectivity index (χ3v) is 5.44. The van der Waals surface area contributed by atoms with E-state index >= 15 is 0 Å². The van der Waals surface area contributed by atoms with Gasteiger partial charge >= 0.3 is 0 Å². The summed E-state index contributed by atoms with van der Waals surface area (Å²) in [5, 5.41) is 10.1. The van der Waals surface area contributed by atoms with E-state index in [1.165, 1.54) is 25.8 Å². The topological polar surface area (TPSA) is 52.6 Å². The van der Waals surface area contributed by atoms with Gasteiger partial charge in [-0.15, -0.1) is 35.3 Å². The minimum absolute atomic E-state index is 0. The zero-order chi connectivity index (χ0) is 17.4. The summed E-state index contributed by atoms with van der Waals surface area (Å²) in [7, 11) is 0. The van der Waals surface area contributed by atoms with Crippen LogP contribution < -0.4 is 10.6 Å². The van der Waals surface area contributed by atoms with Crippen LogP contribution in [0.2, 0.25) is 0 Å². The van der Waals surface area contributed by atoms with E-state index in [-0.39, 0.29) is 24.0 Å². The van der Waals surface area contributed by atoms with Gasteiger partial charge in [0, 0.05) is 37.0 Å². The average Bonchev–Trinajstić information content (AvgIpc) is 2.98. The van der Waals surface area contributed by atoms with Crippen LogP contribution in [0.5, 0.6) is 0 Å². The molecule has 0 aromatic carbocycles. The van der Waals surface area contributed by atoms with E-state index in [0.717, 1.165) is 42.7 Å². The molecule has 2 atom stereocenters. The van der Waals surface area contributed by atoms with Gasteiger partial charge in [-0.05, 0) is 47.1 Å². The minimum Gasteiger partial charge on any atom is -0.357 e. The summed E-state index contributed by atoms with van der Waals surface area (Å²) >= 11 is 1.71. The van der Waals surface area contributed by atoms with Gasteiger partial charge in [0.25, 0.3) is 0 Å². The number of nitrogens with one attached hydrogen (secondary N) is 2. The molecule has 0 amide bonds. The SMILES string of the molecule is CCNC(=NCC(C)N1CCCCC1C)NCCc1csc(C)n1.I.